The van der Waals surface area contributed by atoms with Crippen molar-refractivity contribution in [1.29, 1.82) is 0 Å². The lowest BCUT2D eigenvalue weighted by molar-refractivity contribution is 0.244. The molecule has 0 aromatic carbocycles. The van der Waals surface area contributed by atoms with Gasteiger partial charge in [-0.15, -0.1) is 0 Å². The average molecular weight is 167 g/mol. The fourth-order valence-corrected chi connectivity index (χ4v) is 2.49. The summed E-state index contributed by atoms with van der Waals surface area (Å²) in [6.07, 6.45) is 6.53. The van der Waals surface area contributed by atoms with Crippen LogP contribution in [0.3, 0.4) is 0 Å². The third-order valence-electron chi connectivity index (χ3n) is 3.49. The Morgan fingerprint density at radius 2 is 2.00 bits per heavy atom. The zero-order valence-corrected chi connectivity index (χ0v) is 8.40. The van der Waals surface area contributed by atoms with Crippen molar-refractivity contribution in [2.75, 3.05) is 0 Å². The lowest BCUT2D eigenvalue weighted by atomic mass is 9.74. The second kappa shape index (κ2) is 3.61. The first-order valence-corrected chi connectivity index (χ1v) is 5.03. The highest BCUT2D eigenvalue weighted by Gasteiger charge is 2.37. The second-order valence-corrected chi connectivity index (χ2v) is 4.25. The van der Waals surface area contributed by atoms with Crippen molar-refractivity contribution < 1.29 is 0 Å². The van der Waals surface area contributed by atoms with Crippen molar-refractivity contribution in [3.8, 4) is 0 Å². The van der Waals surface area contributed by atoms with Crippen LogP contribution in [0.25, 0.3) is 0 Å². The van der Waals surface area contributed by atoms with E-state index < -0.39 is 0 Å². The lowest BCUT2D eigenvalue weighted by Crippen LogP contribution is -2.40. The van der Waals surface area contributed by atoms with Gasteiger partial charge in [-0.25, -0.2) is 0 Å². The summed E-state index contributed by atoms with van der Waals surface area (Å²) in [4.78, 5) is 0. The molecule has 1 unspecified atom stereocenters. The van der Waals surface area contributed by atoms with Crippen LogP contribution in [0.2, 0.25) is 0 Å². The summed E-state index contributed by atoms with van der Waals surface area (Å²) in [6, 6.07) is 0.227. The second-order valence-electron chi connectivity index (χ2n) is 4.25. The van der Waals surface area contributed by atoms with E-state index in [9.17, 15) is 0 Å². The molecule has 0 saturated heterocycles. The molecule has 12 heavy (non-hydrogen) atoms. The minimum absolute atomic E-state index is 0.227. The third kappa shape index (κ3) is 1.56. The third-order valence-corrected chi connectivity index (χ3v) is 3.49. The first kappa shape index (κ1) is 9.79. The van der Waals surface area contributed by atoms with Crippen LogP contribution in [0, 0.1) is 5.41 Å². The van der Waals surface area contributed by atoms with Gasteiger partial charge in [0.15, 0.2) is 0 Å². The molecular weight excluding hydrogens is 146 g/mol. The summed E-state index contributed by atoms with van der Waals surface area (Å²) >= 11 is 0. The topological polar surface area (TPSA) is 26.0 Å². The van der Waals surface area contributed by atoms with Crippen molar-refractivity contribution >= 4 is 0 Å². The maximum absolute atomic E-state index is 6.17. The highest BCUT2D eigenvalue weighted by Crippen LogP contribution is 2.44. The quantitative estimate of drug-likeness (QED) is 0.643. The zero-order chi connectivity index (χ0) is 9.19. The predicted molar refractivity (Wildman–Crippen MR) is 54.0 cm³/mol. The number of hydrogen-bond acceptors (Lipinski definition) is 1. The largest absolute Gasteiger partial charge is 0.324 e. The van der Waals surface area contributed by atoms with Crippen LogP contribution in [0.15, 0.2) is 12.2 Å². The molecule has 0 bridgehead atoms. The van der Waals surface area contributed by atoms with Gasteiger partial charge in [-0.1, -0.05) is 31.9 Å². The molecule has 1 aliphatic rings. The molecule has 0 aliphatic heterocycles. The Morgan fingerprint density at radius 3 is 2.33 bits per heavy atom. The van der Waals surface area contributed by atoms with Crippen LogP contribution in [0.4, 0.5) is 0 Å². The van der Waals surface area contributed by atoms with E-state index in [0.717, 1.165) is 5.57 Å². The molecule has 1 fully saturated rings. The highest BCUT2D eigenvalue weighted by molar-refractivity contribution is 5.09. The minimum atomic E-state index is 0.227. The zero-order valence-electron chi connectivity index (χ0n) is 8.40. The van der Waals surface area contributed by atoms with E-state index in [1.165, 1.54) is 32.1 Å². The first-order chi connectivity index (χ1) is 5.62. The number of rotatable bonds is 3. The Labute approximate surface area is 76.0 Å². The van der Waals surface area contributed by atoms with Crippen LogP contribution < -0.4 is 5.73 Å². The molecule has 0 aromatic rings. The molecule has 0 radical (unpaired) electrons. The van der Waals surface area contributed by atoms with Crippen molar-refractivity contribution in [2.24, 2.45) is 11.1 Å². The molecular formula is C11H21N. The molecule has 0 aromatic heterocycles. The summed E-state index contributed by atoms with van der Waals surface area (Å²) in [5.41, 5.74) is 7.71. The molecule has 1 nitrogen and oxygen atoms in total. The number of hydrogen-bond donors (Lipinski definition) is 1. The molecule has 70 valence electrons. The predicted octanol–water partition coefficient (Wildman–Crippen LogP) is 2.86. The minimum Gasteiger partial charge on any atom is -0.324 e. The van der Waals surface area contributed by atoms with Gasteiger partial charge in [-0.3, -0.25) is 0 Å². The molecule has 0 amide bonds. The fourth-order valence-electron chi connectivity index (χ4n) is 2.49. The molecule has 1 saturated carbocycles. The van der Waals surface area contributed by atoms with Gasteiger partial charge in [0.1, 0.15) is 0 Å². The van der Waals surface area contributed by atoms with Gasteiger partial charge in [-0.05, 0) is 31.6 Å². The maximum Gasteiger partial charge on any atom is 0.0305 e. The van der Waals surface area contributed by atoms with Gasteiger partial charge in [0.05, 0.1) is 0 Å². The Hall–Kier alpha value is -0.300. The Balaban J connectivity index is 2.71. The normalized spacial score (nSPS) is 23.9. The number of nitrogens with two attached hydrogens (primary N) is 1. The summed E-state index contributed by atoms with van der Waals surface area (Å²) < 4.78 is 0. The Kier molecular flexibility index (Phi) is 2.94. The summed E-state index contributed by atoms with van der Waals surface area (Å²) in [5.74, 6) is 0. The summed E-state index contributed by atoms with van der Waals surface area (Å²) in [6.45, 7) is 8.28. The van der Waals surface area contributed by atoms with Crippen molar-refractivity contribution in [2.45, 2.75) is 52.0 Å². The average Bonchev–Trinajstić information content (AvgIpc) is 2.52. The lowest BCUT2D eigenvalue weighted by Gasteiger charge is -2.34. The summed E-state index contributed by atoms with van der Waals surface area (Å²) in [7, 11) is 0. The molecule has 2 N–H and O–H groups in total. The highest BCUT2D eigenvalue weighted by atomic mass is 14.7. The van der Waals surface area contributed by atoms with E-state index >= 15 is 0 Å². The fraction of sp³-hybridized carbons (Fsp3) is 0.818. The van der Waals surface area contributed by atoms with Crippen LogP contribution in [-0.4, -0.2) is 6.04 Å². The van der Waals surface area contributed by atoms with Crippen LogP contribution in [0.1, 0.15) is 46.0 Å². The van der Waals surface area contributed by atoms with E-state index in [1.54, 1.807) is 0 Å². The molecule has 1 aliphatic carbocycles. The van der Waals surface area contributed by atoms with Gasteiger partial charge in [0.2, 0.25) is 0 Å². The van der Waals surface area contributed by atoms with Crippen molar-refractivity contribution in [3.05, 3.63) is 12.2 Å². The molecule has 1 heteroatoms. The van der Waals surface area contributed by atoms with E-state index in [1.807, 2.05) is 0 Å². The van der Waals surface area contributed by atoms with Crippen LogP contribution in [-0.2, 0) is 0 Å². The van der Waals surface area contributed by atoms with Crippen LogP contribution >= 0.6 is 0 Å². The maximum atomic E-state index is 6.17. The van der Waals surface area contributed by atoms with Gasteiger partial charge in [0.25, 0.3) is 0 Å². The van der Waals surface area contributed by atoms with Crippen LogP contribution in [0.5, 0.6) is 0 Å². The van der Waals surface area contributed by atoms with E-state index in [-0.39, 0.29) is 6.04 Å². The molecule has 1 atom stereocenters. The van der Waals surface area contributed by atoms with Gasteiger partial charge >= 0.3 is 0 Å². The van der Waals surface area contributed by atoms with Gasteiger partial charge < -0.3 is 5.73 Å². The SMILES string of the molecule is C=C(C)C(N)C1(CC)CCCC1. The van der Waals surface area contributed by atoms with E-state index in [0.29, 0.717) is 5.41 Å². The van der Waals surface area contributed by atoms with Crippen molar-refractivity contribution in [3.63, 3.8) is 0 Å². The standard InChI is InChI=1S/C11H21N/c1-4-11(7-5-6-8-11)10(12)9(2)3/h10H,2,4-8,12H2,1,3H3. The molecule has 0 spiro atoms. The van der Waals surface area contributed by atoms with E-state index in [2.05, 4.69) is 20.4 Å². The smallest absolute Gasteiger partial charge is 0.0305 e. The molecule has 1 rings (SSSR count). The van der Waals surface area contributed by atoms with Gasteiger partial charge in [-0.2, -0.15) is 0 Å². The van der Waals surface area contributed by atoms with Gasteiger partial charge in [0, 0.05) is 6.04 Å². The molecule has 0 heterocycles. The van der Waals surface area contributed by atoms with Crippen molar-refractivity contribution in [1.82, 2.24) is 0 Å². The Bertz CT molecular complexity index is 166. The summed E-state index contributed by atoms with van der Waals surface area (Å²) in [5, 5.41) is 0. The first-order valence-electron chi connectivity index (χ1n) is 5.03. The monoisotopic (exact) mass is 167 g/mol. The Morgan fingerprint density at radius 1 is 1.50 bits per heavy atom. The van der Waals surface area contributed by atoms with E-state index in [4.69, 9.17) is 5.73 Å².